The van der Waals surface area contributed by atoms with Crippen LogP contribution in [0.25, 0.3) is 11.6 Å². The fraction of sp³-hybridized carbons (Fsp3) is 0.419. The second-order valence-electron chi connectivity index (χ2n) is 9.11. The third-order valence-corrected chi connectivity index (χ3v) is 6.41. The molecule has 1 aliphatic rings. The minimum Gasteiger partial charge on any atom is -0.396 e. The number of fused-ring (bicyclic) bond motifs is 1. The normalized spacial score (nSPS) is 13.4. The largest absolute Gasteiger partial charge is 0.396 e. The number of hydrogen-bond donors (Lipinski definition) is 1. The molecule has 0 heterocycles. The number of aliphatic hydroxyl groups is 1. The molecule has 32 heavy (non-hydrogen) atoms. The number of aliphatic hydroxyl groups excluding tert-OH is 1. The highest BCUT2D eigenvalue weighted by molar-refractivity contribution is 5.93. The van der Waals surface area contributed by atoms with Gasteiger partial charge in [-0.3, -0.25) is 0 Å². The average molecular weight is 429 g/mol. The average Bonchev–Trinajstić information content (AvgIpc) is 2.81. The Hall–Kier alpha value is -2.38. The second kappa shape index (κ2) is 13.2. The van der Waals surface area contributed by atoms with Gasteiger partial charge in [0.25, 0.3) is 0 Å². The van der Waals surface area contributed by atoms with Gasteiger partial charge >= 0.3 is 0 Å². The molecule has 0 radical (unpaired) electrons. The van der Waals surface area contributed by atoms with Gasteiger partial charge in [0.15, 0.2) is 0 Å². The Labute approximate surface area is 195 Å². The molecule has 0 amide bonds. The maximum absolute atomic E-state index is 8.81. The number of benzene rings is 2. The van der Waals surface area contributed by atoms with Gasteiger partial charge in [-0.2, -0.15) is 0 Å². The van der Waals surface area contributed by atoms with Crippen molar-refractivity contribution in [2.45, 2.75) is 77.6 Å². The lowest BCUT2D eigenvalue weighted by Crippen LogP contribution is -2.03. The zero-order valence-electron chi connectivity index (χ0n) is 19.9. The van der Waals surface area contributed by atoms with E-state index in [0.29, 0.717) is 0 Å². The van der Waals surface area contributed by atoms with E-state index in [4.69, 9.17) is 5.11 Å². The standard InChI is InChI=1S/C31H40O/c1-3-4-10-13-26-15-18-28(19-16-26)31-24-29-20-17-27(23-30(29)22-25(31)2)14-11-8-6-5-7-9-12-21-32/h5,7,15-20,23-24,32H,2-4,6,8-14,21-22H2,1H3/b7-5+. The highest BCUT2D eigenvalue weighted by Crippen LogP contribution is 2.34. The fourth-order valence-electron chi connectivity index (χ4n) is 4.44. The predicted octanol–water partition coefficient (Wildman–Crippen LogP) is 8.11. The third kappa shape index (κ3) is 7.35. The van der Waals surface area contributed by atoms with Crippen LogP contribution >= 0.6 is 0 Å². The molecule has 0 fully saturated rings. The van der Waals surface area contributed by atoms with E-state index in [2.05, 4.69) is 74.2 Å². The maximum Gasteiger partial charge on any atom is 0.0433 e. The number of allylic oxidation sites excluding steroid dienone is 4. The summed E-state index contributed by atoms with van der Waals surface area (Å²) in [4.78, 5) is 0. The molecule has 1 nitrogen and oxygen atoms in total. The molecule has 0 bridgehead atoms. The van der Waals surface area contributed by atoms with Crippen molar-refractivity contribution in [3.05, 3.63) is 94.6 Å². The van der Waals surface area contributed by atoms with E-state index in [9.17, 15) is 0 Å². The van der Waals surface area contributed by atoms with Crippen LogP contribution in [0.4, 0.5) is 0 Å². The minimum absolute atomic E-state index is 0.289. The molecule has 1 aliphatic carbocycles. The molecule has 1 N–H and O–H groups in total. The lowest BCUT2D eigenvalue weighted by Gasteiger charge is -2.20. The van der Waals surface area contributed by atoms with E-state index in [1.54, 1.807) is 0 Å². The van der Waals surface area contributed by atoms with Crippen LogP contribution in [0.1, 0.15) is 86.1 Å². The minimum atomic E-state index is 0.289. The van der Waals surface area contributed by atoms with Crippen molar-refractivity contribution in [3.8, 4) is 0 Å². The van der Waals surface area contributed by atoms with E-state index < -0.39 is 0 Å². The molecule has 0 saturated carbocycles. The first-order valence-corrected chi connectivity index (χ1v) is 12.6. The van der Waals surface area contributed by atoms with Gasteiger partial charge in [-0.25, -0.2) is 0 Å². The molecule has 0 spiro atoms. The summed E-state index contributed by atoms with van der Waals surface area (Å²) in [6, 6.07) is 16.1. The molecule has 2 aromatic carbocycles. The summed E-state index contributed by atoms with van der Waals surface area (Å²) < 4.78 is 0. The number of rotatable bonds is 13. The monoisotopic (exact) mass is 428 g/mol. The van der Waals surface area contributed by atoms with Gasteiger partial charge in [0.05, 0.1) is 0 Å². The Morgan fingerprint density at radius 3 is 2.28 bits per heavy atom. The van der Waals surface area contributed by atoms with Crippen LogP contribution in [0.5, 0.6) is 0 Å². The van der Waals surface area contributed by atoms with E-state index in [1.807, 2.05) is 0 Å². The van der Waals surface area contributed by atoms with Crippen molar-refractivity contribution < 1.29 is 5.11 Å². The number of unbranched alkanes of at least 4 members (excludes halogenated alkanes) is 5. The molecule has 3 rings (SSSR count). The van der Waals surface area contributed by atoms with Crippen LogP contribution in [-0.4, -0.2) is 11.7 Å². The van der Waals surface area contributed by atoms with Gasteiger partial charge in [-0.15, -0.1) is 0 Å². The topological polar surface area (TPSA) is 20.2 Å². The zero-order valence-corrected chi connectivity index (χ0v) is 19.9. The molecule has 0 aromatic heterocycles. The summed E-state index contributed by atoms with van der Waals surface area (Å²) in [6.45, 7) is 6.95. The lowest BCUT2D eigenvalue weighted by atomic mass is 9.84. The summed E-state index contributed by atoms with van der Waals surface area (Å²) in [5, 5.41) is 8.81. The smallest absolute Gasteiger partial charge is 0.0433 e. The van der Waals surface area contributed by atoms with Crippen molar-refractivity contribution in [2.24, 2.45) is 0 Å². The van der Waals surface area contributed by atoms with Crippen LogP contribution < -0.4 is 0 Å². The van der Waals surface area contributed by atoms with Gasteiger partial charge in [0, 0.05) is 6.61 Å². The van der Waals surface area contributed by atoms with Gasteiger partial charge in [-0.05, 0) is 103 Å². The maximum atomic E-state index is 8.81. The summed E-state index contributed by atoms with van der Waals surface area (Å²) in [5.41, 5.74) is 9.44. The van der Waals surface area contributed by atoms with Crippen LogP contribution in [0, 0.1) is 0 Å². The van der Waals surface area contributed by atoms with Gasteiger partial charge < -0.3 is 5.11 Å². The lowest BCUT2D eigenvalue weighted by molar-refractivity contribution is 0.289. The van der Waals surface area contributed by atoms with E-state index in [-0.39, 0.29) is 6.61 Å². The van der Waals surface area contributed by atoms with Crippen LogP contribution in [0.15, 0.2) is 66.8 Å². The van der Waals surface area contributed by atoms with Crippen molar-refractivity contribution in [1.29, 1.82) is 0 Å². The Morgan fingerprint density at radius 2 is 1.53 bits per heavy atom. The van der Waals surface area contributed by atoms with Crippen LogP contribution in [0.3, 0.4) is 0 Å². The SMILES string of the molecule is C=C1Cc2cc(CCCC/C=C/CCCO)ccc2C=C1c1ccc(CCCCC)cc1. The fourth-order valence-corrected chi connectivity index (χ4v) is 4.44. The molecule has 0 unspecified atom stereocenters. The molecule has 0 atom stereocenters. The summed E-state index contributed by atoms with van der Waals surface area (Å²) in [6.07, 6.45) is 19.4. The molecule has 0 aliphatic heterocycles. The van der Waals surface area contributed by atoms with E-state index >= 15 is 0 Å². The highest BCUT2D eigenvalue weighted by Gasteiger charge is 2.16. The first kappa shape index (κ1) is 24.3. The Kier molecular flexibility index (Phi) is 10.0. The molecule has 0 saturated heterocycles. The van der Waals surface area contributed by atoms with Gasteiger partial charge in [0.2, 0.25) is 0 Å². The first-order chi connectivity index (χ1) is 15.7. The Bertz CT molecular complexity index is 914. The first-order valence-electron chi connectivity index (χ1n) is 12.6. The van der Waals surface area contributed by atoms with Gasteiger partial charge in [-0.1, -0.05) is 81.0 Å². The van der Waals surface area contributed by atoms with E-state index in [1.165, 1.54) is 77.5 Å². The summed E-state index contributed by atoms with van der Waals surface area (Å²) in [7, 11) is 0. The number of aryl methyl sites for hydroxylation is 2. The second-order valence-corrected chi connectivity index (χ2v) is 9.11. The van der Waals surface area contributed by atoms with Crippen molar-refractivity contribution in [2.75, 3.05) is 6.61 Å². The highest BCUT2D eigenvalue weighted by atomic mass is 16.2. The Balaban J connectivity index is 1.56. The van der Waals surface area contributed by atoms with Crippen molar-refractivity contribution in [1.82, 2.24) is 0 Å². The summed E-state index contributed by atoms with van der Waals surface area (Å²) >= 11 is 0. The number of hydrogen-bond acceptors (Lipinski definition) is 1. The molecule has 2 aromatic rings. The molecular weight excluding hydrogens is 388 g/mol. The quantitative estimate of drug-likeness (QED) is 0.252. The van der Waals surface area contributed by atoms with Crippen LogP contribution in [-0.2, 0) is 19.3 Å². The zero-order chi connectivity index (χ0) is 22.6. The molecular formula is C31H40O. The van der Waals surface area contributed by atoms with Gasteiger partial charge in [0.1, 0.15) is 0 Å². The van der Waals surface area contributed by atoms with Crippen molar-refractivity contribution >= 4 is 11.6 Å². The molecule has 170 valence electrons. The van der Waals surface area contributed by atoms with Crippen molar-refractivity contribution in [3.63, 3.8) is 0 Å². The Morgan fingerprint density at radius 1 is 0.844 bits per heavy atom. The molecule has 1 heteroatoms. The van der Waals surface area contributed by atoms with Crippen LogP contribution in [0.2, 0.25) is 0 Å². The third-order valence-electron chi connectivity index (χ3n) is 6.41. The van der Waals surface area contributed by atoms with E-state index in [0.717, 1.165) is 32.1 Å². The summed E-state index contributed by atoms with van der Waals surface area (Å²) in [5.74, 6) is 0. The predicted molar refractivity (Wildman–Crippen MR) is 140 cm³/mol.